The number of nitrogen functional groups attached to an aromatic ring is 1. The maximum absolute atomic E-state index is 12.9. The number of fused-ring (bicyclic) bond motifs is 1. The van der Waals surface area contributed by atoms with Crippen LogP contribution in [0.15, 0.2) is 42.7 Å². The lowest BCUT2D eigenvalue weighted by Gasteiger charge is -2.32. The van der Waals surface area contributed by atoms with Crippen LogP contribution >= 0.6 is 11.6 Å². The number of benzene rings is 1. The van der Waals surface area contributed by atoms with Gasteiger partial charge in [-0.2, -0.15) is 13.2 Å². The van der Waals surface area contributed by atoms with Crippen LogP contribution in [0.2, 0.25) is 5.02 Å². The predicted molar refractivity (Wildman–Crippen MR) is 130 cm³/mol. The molecular weight excluding hydrogens is 481 g/mol. The number of nitrogens with one attached hydrogen (secondary N) is 2. The molecule has 1 amide bonds. The molecule has 0 aliphatic carbocycles. The van der Waals surface area contributed by atoms with Crippen molar-refractivity contribution in [1.82, 2.24) is 20.2 Å². The SMILES string of the molecule is Nc1nccc2cc(CNC(=O)c3cc(Cl)cnc3NCC3CCN(CC(F)(F)F)CC3)ccc12. The van der Waals surface area contributed by atoms with Gasteiger partial charge in [-0.15, -0.1) is 0 Å². The highest BCUT2D eigenvalue weighted by molar-refractivity contribution is 6.31. The standard InChI is InChI=1S/C24H26ClF3N6O/c25-18-10-20(23(35)33-12-16-1-2-19-17(9-16)3-6-30-21(19)29)22(32-13-18)31-11-15-4-7-34(8-5-15)14-24(26,27)28/h1-3,6,9-10,13,15H,4-5,7-8,11-12,14H2,(H2,29,30)(H,31,32)(H,33,35). The Morgan fingerprint density at radius 1 is 1.17 bits per heavy atom. The Morgan fingerprint density at radius 2 is 1.94 bits per heavy atom. The van der Waals surface area contributed by atoms with Gasteiger partial charge in [0.05, 0.1) is 17.1 Å². The van der Waals surface area contributed by atoms with Gasteiger partial charge in [-0.3, -0.25) is 9.69 Å². The highest BCUT2D eigenvalue weighted by atomic mass is 35.5. The third-order valence-electron chi connectivity index (χ3n) is 6.08. The topological polar surface area (TPSA) is 96.2 Å². The van der Waals surface area contributed by atoms with Gasteiger partial charge in [-0.05, 0) is 61.0 Å². The van der Waals surface area contributed by atoms with E-state index in [2.05, 4.69) is 20.6 Å². The molecule has 7 nitrogen and oxygen atoms in total. The number of alkyl halides is 3. The first kappa shape index (κ1) is 25.0. The summed E-state index contributed by atoms with van der Waals surface area (Å²) in [4.78, 5) is 22.7. The second-order valence-electron chi connectivity index (χ2n) is 8.70. The minimum Gasteiger partial charge on any atom is -0.383 e. The Bertz CT molecular complexity index is 1200. The first-order valence-corrected chi connectivity index (χ1v) is 11.7. The fraction of sp³-hybridized carbons (Fsp3) is 0.375. The fourth-order valence-electron chi connectivity index (χ4n) is 4.23. The van der Waals surface area contributed by atoms with Crippen molar-refractivity contribution in [3.63, 3.8) is 0 Å². The molecule has 1 fully saturated rings. The number of hydrogen-bond donors (Lipinski definition) is 3. The first-order valence-electron chi connectivity index (χ1n) is 11.3. The number of rotatable bonds is 7. The minimum absolute atomic E-state index is 0.187. The van der Waals surface area contributed by atoms with Gasteiger partial charge in [-0.1, -0.05) is 23.7 Å². The summed E-state index contributed by atoms with van der Waals surface area (Å²) in [7, 11) is 0. The molecule has 0 spiro atoms. The van der Waals surface area contributed by atoms with Crippen LogP contribution in [0.25, 0.3) is 10.8 Å². The molecule has 1 saturated heterocycles. The number of nitrogens with two attached hydrogens (primary N) is 1. The molecule has 0 unspecified atom stereocenters. The number of pyridine rings is 2. The Morgan fingerprint density at radius 3 is 2.69 bits per heavy atom. The van der Waals surface area contributed by atoms with Crippen LogP contribution in [-0.4, -0.2) is 53.1 Å². The Balaban J connectivity index is 1.35. The molecule has 3 heterocycles. The van der Waals surface area contributed by atoms with E-state index in [1.807, 2.05) is 24.3 Å². The van der Waals surface area contributed by atoms with Crippen molar-refractivity contribution in [3.05, 3.63) is 58.9 Å². The molecule has 35 heavy (non-hydrogen) atoms. The van der Waals surface area contributed by atoms with Gasteiger partial charge in [0.1, 0.15) is 11.6 Å². The van der Waals surface area contributed by atoms with Crippen molar-refractivity contribution in [3.8, 4) is 0 Å². The summed E-state index contributed by atoms with van der Waals surface area (Å²) in [6.07, 6.45) is 0.183. The van der Waals surface area contributed by atoms with Crippen molar-refractivity contribution in [1.29, 1.82) is 0 Å². The van der Waals surface area contributed by atoms with E-state index >= 15 is 0 Å². The van der Waals surface area contributed by atoms with Crippen LogP contribution in [0, 0.1) is 5.92 Å². The van der Waals surface area contributed by atoms with Crippen molar-refractivity contribution in [2.75, 3.05) is 37.2 Å². The first-order chi connectivity index (χ1) is 16.7. The molecule has 2 aromatic heterocycles. The number of carbonyl (C=O) groups is 1. The van der Waals surface area contributed by atoms with E-state index < -0.39 is 12.7 Å². The maximum Gasteiger partial charge on any atom is 0.401 e. The van der Waals surface area contributed by atoms with Gasteiger partial charge < -0.3 is 16.4 Å². The van der Waals surface area contributed by atoms with Gasteiger partial charge in [0.15, 0.2) is 0 Å². The number of carbonyl (C=O) groups excluding carboxylic acids is 1. The van der Waals surface area contributed by atoms with E-state index in [4.69, 9.17) is 17.3 Å². The van der Waals surface area contributed by atoms with E-state index in [9.17, 15) is 18.0 Å². The third-order valence-corrected chi connectivity index (χ3v) is 6.29. The largest absolute Gasteiger partial charge is 0.401 e. The van der Waals surface area contributed by atoms with Crippen LogP contribution in [0.1, 0.15) is 28.8 Å². The number of likely N-dealkylation sites (tertiary alicyclic amines) is 1. The molecule has 0 radical (unpaired) electrons. The van der Waals surface area contributed by atoms with Crippen LogP contribution in [-0.2, 0) is 6.54 Å². The normalized spacial score (nSPS) is 15.3. The van der Waals surface area contributed by atoms with Gasteiger partial charge in [0.2, 0.25) is 0 Å². The molecule has 0 bridgehead atoms. The molecule has 11 heteroatoms. The Kier molecular flexibility index (Phi) is 7.61. The maximum atomic E-state index is 12.9. The average Bonchev–Trinajstić information content (AvgIpc) is 2.82. The summed E-state index contributed by atoms with van der Waals surface area (Å²) in [5.41, 5.74) is 7.10. The molecule has 0 atom stereocenters. The molecule has 1 aliphatic heterocycles. The Labute approximate surface area is 205 Å². The molecule has 1 aromatic carbocycles. The van der Waals surface area contributed by atoms with Crippen LogP contribution in [0.4, 0.5) is 24.8 Å². The average molecular weight is 507 g/mol. The molecular formula is C24H26ClF3N6O. The van der Waals surface area contributed by atoms with Crippen LogP contribution < -0.4 is 16.4 Å². The summed E-state index contributed by atoms with van der Waals surface area (Å²) < 4.78 is 37.8. The second-order valence-corrected chi connectivity index (χ2v) is 9.14. The lowest BCUT2D eigenvalue weighted by Crippen LogP contribution is -2.41. The zero-order valence-electron chi connectivity index (χ0n) is 18.9. The van der Waals surface area contributed by atoms with Crippen LogP contribution in [0.3, 0.4) is 0 Å². The number of piperidine rings is 1. The van der Waals surface area contributed by atoms with Crippen LogP contribution in [0.5, 0.6) is 0 Å². The number of halogens is 4. The quantitative estimate of drug-likeness (QED) is 0.437. The highest BCUT2D eigenvalue weighted by Gasteiger charge is 2.32. The molecule has 186 valence electrons. The number of nitrogens with zero attached hydrogens (tertiary/aromatic N) is 3. The molecule has 3 aromatic rings. The van der Waals surface area contributed by atoms with E-state index in [0.717, 1.165) is 16.3 Å². The number of amides is 1. The van der Waals surface area contributed by atoms with Crippen molar-refractivity contribution >= 4 is 39.9 Å². The number of anilines is 2. The van der Waals surface area contributed by atoms with Crippen molar-refractivity contribution in [2.45, 2.75) is 25.6 Å². The van der Waals surface area contributed by atoms with Gasteiger partial charge in [0, 0.05) is 30.9 Å². The van der Waals surface area contributed by atoms with Crippen molar-refractivity contribution < 1.29 is 18.0 Å². The van der Waals surface area contributed by atoms with Gasteiger partial charge in [0.25, 0.3) is 5.91 Å². The van der Waals surface area contributed by atoms with E-state index in [0.29, 0.717) is 61.2 Å². The third kappa shape index (κ3) is 6.73. The zero-order valence-corrected chi connectivity index (χ0v) is 19.7. The van der Waals surface area contributed by atoms with E-state index in [-0.39, 0.29) is 11.8 Å². The second kappa shape index (κ2) is 10.7. The summed E-state index contributed by atoms with van der Waals surface area (Å²) in [5, 5.41) is 8.18. The summed E-state index contributed by atoms with van der Waals surface area (Å²) in [6.45, 7) is 0.703. The van der Waals surface area contributed by atoms with Gasteiger partial charge in [-0.25, -0.2) is 9.97 Å². The molecule has 4 N–H and O–H groups in total. The minimum atomic E-state index is -4.18. The highest BCUT2D eigenvalue weighted by Crippen LogP contribution is 2.24. The molecule has 4 rings (SSSR count). The number of aromatic nitrogens is 2. The molecule has 1 aliphatic rings. The molecule has 0 saturated carbocycles. The van der Waals surface area contributed by atoms with Crippen molar-refractivity contribution in [2.24, 2.45) is 5.92 Å². The Hall–Kier alpha value is -3.11. The van der Waals surface area contributed by atoms with E-state index in [1.54, 1.807) is 12.3 Å². The smallest absolute Gasteiger partial charge is 0.383 e. The summed E-state index contributed by atoms with van der Waals surface area (Å²) in [6, 6.07) is 9.08. The predicted octanol–water partition coefficient (Wildman–Crippen LogP) is 4.48. The fourth-order valence-corrected chi connectivity index (χ4v) is 4.39. The van der Waals surface area contributed by atoms with Gasteiger partial charge >= 0.3 is 6.18 Å². The zero-order chi connectivity index (χ0) is 25.0. The number of hydrogen-bond acceptors (Lipinski definition) is 6. The lowest BCUT2D eigenvalue weighted by atomic mass is 9.96. The monoisotopic (exact) mass is 506 g/mol. The lowest BCUT2D eigenvalue weighted by molar-refractivity contribution is -0.148. The summed E-state index contributed by atoms with van der Waals surface area (Å²) in [5.74, 6) is 0.691. The summed E-state index contributed by atoms with van der Waals surface area (Å²) >= 11 is 6.09. The van der Waals surface area contributed by atoms with E-state index in [1.165, 1.54) is 11.1 Å².